The van der Waals surface area contributed by atoms with E-state index in [-0.39, 0.29) is 11.9 Å². The third-order valence-corrected chi connectivity index (χ3v) is 3.29. The molecule has 1 aliphatic rings. The molecule has 0 bridgehead atoms. The van der Waals surface area contributed by atoms with Crippen LogP contribution in [0.25, 0.3) is 0 Å². The number of rotatable bonds is 3. The first-order chi connectivity index (χ1) is 8.82. The Labute approximate surface area is 115 Å². The molecule has 0 aromatic rings. The average Bonchev–Trinajstić information content (AvgIpc) is 2.36. The largest absolute Gasteiger partial charge is 0.338 e. The molecule has 0 aliphatic carbocycles. The number of nitrogens with zero attached hydrogens (tertiary/aromatic N) is 3. The maximum atomic E-state index is 12.1. The van der Waals surface area contributed by atoms with E-state index in [0.29, 0.717) is 38.5 Å². The Morgan fingerprint density at radius 3 is 2.00 bits per heavy atom. The van der Waals surface area contributed by atoms with Crippen molar-refractivity contribution >= 4 is 11.9 Å². The molecule has 1 rings (SSSR count). The molecule has 0 unspecified atom stereocenters. The molecule has 1 saturated heterocycles. The summed E-state index contributed by atoms with van der Waals surface area (Å²) in [6.07, 6.45) is 0.704. The molecule has 0 radical (unpaired) electrons. The second-order valence-corrected chi connectivity index (χ2v) is 5.73. The number of piperazine rings is 1. The van der Waals surface area contributed by atoms with Gasteiger partial charge in [0, 0.05) is 40.3 Å². The van der Waals surface area contributed by atoms with Crippen LogP contribution in [0.15, 0.2) is 0 Å². The Morgan fingerprint density at radius 2 is 1.58 bits per heavy atom. The highest BCUT2D eigenvalue weighted by atomic mass is 16.2. The highest BCUT2D eigenvalue weighted by molar-refractivity contribution is 5.82. The van der Waals surface area contributed by atoms with Gasteiger partial charge in [-0.25, -0.2) is 4.79 Å². The van der Waals surface area contributed by atoms with E-state index in [2.05, 4.69) is 13.8 Å². The van der Waals surface area contributed by atoms with E-state index in [4.69, 9.17) is 5.73 Å². The van der Waals surface area contributed by atoms with Crippen LogP contribution in [0.2, 0.25) is 0 Å². The minimum Gasteiger partial charge on any atom is -0.338 e. The second kappa shape index (κ2) is 6.75. The van der Waals surface area contributed by atoms with Crippen molar-refractivity contribution in [2.45, 2.75) is 26.3 Å². The van der Waals surface area contributed by atoms with Crippen LogP contribution in [-0.4, -0.2) is 73.0 Å². The molecule has 3 amide bonds. The number of amides is 3. The van der Waals surface area contributed by atoms with Crippen molar-refractivity contribution in [1.29, 1.82) is 0 Å². The first-order valence-corrected chi connectivity index (χ1v) is 6.83. The molecule has 0 aromatic carbocycles. The first kappa shape index (κ1) is 15.8. The molecule has 0 saturated carbocycles. The highest BCUT2D eigenvalue weighted by Gasteiger charge is 2.27. The Balaban J connectivity index is 2.45. The minimum absolute atomic E-state index is 0.00132. The van der Waals surface area contributed by atoms with Crippen molar-refractivity contribution in [2.24, 2.45) is 11.7 Å². The zero-order chi connectivity index (χ0) is 14.6. The summed E-state index contributed by atoms with van der Waals surface area (Å²) in [6, 6.07) is -0.422. The van der Waals surface area contributed by atoms with Crippen LogP contribution >= 0.6 is 0 Å². The summed E-state index contributed by atoms with van der Waals surface area (Å²) in [7, 11) is 3.47. The van der Waals surface area contributed by atoms with Gasteiger partial charge in [0.1, 0.15) is 0 Å². The van der Waals surface area contributed by atoms with Crippen molar-refractivity contribution in [1.82, 2.24) is 14.7 Å². The molecule has 1 fully saturated rings. The number of carbonyl (C=O) groups excluding carboxylic acids is 2. The number of hydrogen-bond donors (Lipinski definition) is 1. The molecule has 1 atom stereocenters. The Hall–Kier alpha value is -1.30. The first-order valence-electron chi connectivity index (χ1n) is 6.83. The van der Waals surface area contributed by atoms with Crippen molar-refractivity contribution in [3.05, 3.63) is 0 Å². The van der Waals surface area contributed by atoms with Gasteiger partial charge in [0.15, 0.2) is 0 Å². The van der Waals surface area contributed by atoms with Gasteiger partial charge in [-0.2, -0.15) is 0 Å². The number of carbonyl (C=O) groups is 2. The molecule has 110 valence electrons. The van der Waals surface area contributed by atoms with E-state index < -0.39 is 6.04 Å². The van der Waals surface area contributed by atoms with Gasteiger partial charge in [0.25, 0.3) is 0 Å². The third kappa shape index (κ3) is 4.38. The zero-order valence-corrected chi connectivity index (χ0v) is 12.4. The summed E-state index contributed by atoms with van der Waals surface area (Å²) in [5.74, 6) is 0.418. The smallest absolute Gasteiger partial charge is 0.319 e. The minimum atomic E-state index is -0.420. The van der Waals surface area contributed by atoms with Gasteiger partial charge in [0.2, 0.25) is 5.91 Å². The van der Waals surface area contributed by atoms with Gasteiger partial charge in [-0.1, -0.05) is 13.8 Å². The average molecular weight is 270 g/mol. The second-order valence-electron chi connectivity index (χ2n) is 5.73. The lowest BCUT2D eigenvalue weighted by molar-refractivity contribution is -0.134. The molecular weight excluding hydrogens is 244 g/mol. The molecular formula is C13H26N4O2. The Bertz CT molecular complexity index is 323. The van der Waals surface area contributed by atoms with E-state index in [9.17, 15) is 9.59 Å². The van der Waals surface area contributed by atoms with Crippen LogP contribution in [-0.2, 0) is 4.79 Å². The number of nitrogens with two attached hydrogens (primary N) is 1. The summed E-state index contributed by atoms with van der Waals surface area (Å²) >= 11 is 0. The van der Waals surface area contributed by atoms with Gasteiger partial charge in [-0.3, -0.25) is 4.79 Å². The van der Waals surface area contributed by atoms with Crippen LogP contribution in [0.5, 0.6) is 0 Å². The van der Waals surface area contributed by atoms with Gasteiger partial charge in [0.05, 0.1) is 6.04 Å². The van der Waals surface area contributed by atoms with Crippen LogP contribution in [0.1, 0.15) is 20.3 Å². The fourth-order valence-electron chi connectivity index (χ4n) is 2.24. The molecule has 0 spiro atoms. The lowest BCUT2D eigenvalue weighted by atomic mass is 10.0. The third-order valence-electron chi connectivity index (χ3n) is 3.29. The molecule has 1 aliphatic heterocycles. The number of urea groups is 1. The van der Waals surface area contributed by atoms with Gasteiger partial charge in [-0.15, -0.1) is 0 Å². The molecule has 6 nitrogen and oxygen atoms in total. The van der Waals surface area contributed by atoms with Crippen LogP contribution in [0.4, 0.5) is 4.79 Å². The van der Waals surface area contributed by atoms with Crippen LogP contribution in [0.3, 0.4) is 0 Å². The van der Waals surface area contributed by atoms with E-state index in [1.165, 1.54) is 0 Å². The lowest BCUT2D eigenvalue weighted by Gasteiger charge is -2.37. The maximum absolute atomic E-state index is 12.1. The molecule has 6 heteroatoms. The summed E-state index contributed by atoms with van der Waals surface area (Å²) in [5.41, 5.74) is 5.91. The molecule has 0 aromatic heterocycles. The summed E-state index contributed by atoms with van der Waals surface area (Å²) in [6.45, 7) is 6.42. The summed E-state index contributed by atoms with van der Waals surface area (Å²) in [4.78, 5) is 29.0. The lowest BCUT2D eigenvalue weighted by Crippen LogP contribution is -2.55. The van der Waals surface area contributed by atoms with Crippen molar-refractivity contribution in [3.63, 3.8) is 0 Å². The topological polar surface area (TPSA) is 69.9 Å². The predicted octanol–water partition coefficient (Wildman–Crippen LogP) is 0.186. The fourth-order valence-corrected chi connectivity index (χ4v) is 2.24. The zero-order valence-electron chi connectivity index (χ0n) is 12.4. The van der Waals surface area contributed by atoms with Gasteiger partial charge < -0.3 is 20.4 Å². The highest BCUT2D eigenvalue weighted by Crippen LogP contribution is 2.09. The van der Waals surface area contributed by atoms with Crippen LogP contribution in [0, 0.1) is 5.92 Å². The summed E-state index contributed by atoms with van der Waals surface area (Å²) < 4.78 is 0. The van der Waals surface area contributed by atoms with E-state index >= 15 is 0 Å². The van der Waals surface area contributed by atoms with E-state index in [1.54, 1.807) is 28.8 Å². The Kier molecular flexibility index (Phi) is 5.60. The van der Waals surface area contributed by atoms with Crippen LogP contribution < -0.4 is 5.73 Å². The fraction of sp³-hybridized carbons (Fsp3) is 0.846. The van der Waals surface area contributed by atoms with E-state index in [0.717, 1.165) is 0 Å². The van der Waals surface area contributed by atoms with Crippen molar-refractivity contribution in [3.8, 4) is 0 Å². The Morgan fingerprint density at radius 1 is 1.11 bits per heavy atom. The van der Waals surface area contributed by atoms with E-state index in [1.807, 2.05) is 0 Å². The van der Waals surface area contributed by atoms with Crippen molar-refractivity contribution in [2.75, 3.05) is 40.3 Å². The summed E-state index contributed by atoms with van der Waals surface area (Å²) in [5, 5.41) is 0. The van der Waals surface area contributed by atoms with Gasteiger partial charge in [-0.05, 0) is 12.3 Å². The monoisotopic (exact) mass is 270 g/mol. The molecule has 1 heterocycles. The quantitative estimate of drug-likeness (QED) is 0.795. The SMILES string of the molecule is CC(C)C[C@H](N)C(=O)N1CCN(C(=O)N(C)C)CC1. The number of hydrogen-bond acceptors (Lipinski definition) is 3. The predicted molar refractivity (Wildman–Crippen MR) is 74.7 cm³/mol. The van der Waals surface area contributed by atoms with Crippen molar-refractivity contribution < 1.29 is 9.59 Å². The maximum Gasteiger partial charge on any atom is 0.319 e. The standard InChI is InChI=1S/C13H26N4O2/c1-10(2)9-11(14)12(18)16-5-7-17(8-6-16)13(19)15(3)4/h10-11H,5-9,14H2,1-4H3/t11-/m0/s1. The molecule has 2 N–H and O–H groups in total. The van der Waals surface area contributed by atoms with Gasteiger partial charge >= 0.3 is 6.03 Å². The molecule has 19 heavy (non-hydrogen) atoms. The normalized spacial score (nSPS) is 17.6.